The molecule has 0 aliphatic carbocycles. The highest BCUT2D eigenvalue weighted by molar-refractivity contribution is 5.90. The molecule has 3 rings (SSSR count). The first kappa shape index (κ1) is 21.8. The maximum Gasteiger partial charge on any atom is 0.417 e. The molecule has 2 aromatic carbocycles. The number of amides is 1. The normalized spacial score (nSPS) is 19.7. The Balaban J connectivity index is 1.74. The monoisotopic (exact) mass is 414 g/mol. The summed E-state index contributed by atoms with van der Waals surface area (Å²) < 4.78 is 19.2. The highest BCUT2D eigenvalue weighted by Gasteiger charge is 2.33. The fraction of sp³-hybridized carbons (Fsp3) is 0.391. The second-order valence-electron chi connectivity index (χ2n) is 7.87. The third-order valence-corrected chi connectivity index (χ3v) is 5.80. The largest absolute Gasteiger partial charge is 0.478 e. The van der Waals surface area contributed by atoms with Crippen LogP contribution in [0.5, 0.6) is 5.75 Å². The number of benzene rings is 2. The summed E-state index contributed by atoms with van der Waals surface area (Å²) in [4.78, 5) is 25.5. The molecule has 0 aromatic heterocycles. The molecule has 1 aliphatic heterocycles. The number of hydrogen-bond acceptors (Lipinski definition) is 4. The lowest BCUT2D eigenvalue weighted by Gasteiger charge is -2.35. The van der Waals surface area contributed by atoms with Crippen molar-refractivity contribution in [3.63, 3.8) is 0 Å². The second-order valence-corrected chi connectivity index (χ2v) is 7.87. The van der Waals surface area contributed by atoms with Gasteiger partial charge in [-0.3, -0.25) is 5.32 Å². The van der Waals surface area contributed by atoms with Crippen LogP contribution in [0.15, 0.2) is 42.5 Å². The third-order valence-electron chi connectivity index (χ3n) is 5.80. The highest BCUT2D eigenvalue weighted by atomic mass is 19.1. The number of nitrogens with one attached hydrogen (secondary N) is 1. The Bertz CT molecular complexity index is 933. The van der Waals surface area contributed by atoms with Crippen molar-refractivity contribution in [2.24, 2.45) is 0 Å². The van der Waals surface area contributed by atoms with E-state index in [1.165, 1.54) is 12.5 Å². The number of carbonyl (C=O) groups is 2. The van der Waals surface area contributed by atoms with Crippen LogP contribution in [0, 0.1) is 5.82 Å². The zero-order valence-corrected chi connectivity index (χ0v) is 17.3. The Labute approximate surface area is 175 Å². The van der Waals surface area contributed by atoms with Crippen molar-refractivity contribution in [3.05, 3.63) is 59.4 Å². The van der Waals surface area contributed by atoms with E-state index in [1.54, 1.807) is 6.07 Å². The molecule has 0 spiro atoms. The molecule has 2 aromatic rings. The molecular formula is C23H27FN2O4. The predicted molar refractivity (Wildman–Crippen MR) is 113 cm³/mol. The molecule has 1 amide bonds. The number of carbonyl (C=O) groups excluding carboxylic acids is 1. The Kier molecular flexibility index (Phi) is 6.72. The van der Waals surface area contributed by atoms with Gasteiger partial charge in [-0.2, -0.15) is 0 Å². The average Bonchev–Trinajstić information content (AvgIpc) is 2.90. The van der Waals surface area contributed by atoms with E-state index in [1.807, 2.05) is 12.1 Å². The van der Waals surface area contributed by atoms with Crippen LogP contribution in [0.1, 0.15) is 48.5 Å². The number of likely N-dealkylation sites (tertiary alicyclic amines) is 1. The van der Waals surface area contributed by atoms with Crippen LogP contribution in [0.25, 0.3) is 0 Å². The standard InChI is InChI=1S/C23H27FN2O4/c1-3-23(11-4-5-12-26(2)15-23)16-7-6-8-18(13-16)30-22(29)25-17-9-10-19(21(27)28)20(24)14-17/h6-10,13-14H,3-5,11-12,15H2,1-2H3,(H,25,29)(H,27,28). The summed E-state index contributed by atoms with van der Waals surface area (Å²) >= 11 is 0. The molecule has 30 heavy (non-hydrogen) atoms. The maximum absolute atomic E-state index is 13.8. The molecule has 1 aliphatic rings. The number of rotatable bonds is 5. The van der Waals surface area contributed by atoms with E-state index in [4.69, 9.17) is 9.84 Å². The number of anilines is 1. The Morgan fingerprint density at radius 3 is 2.73 bits per heavy atom. The molecule has 0 radical (unpaired) electrons. The van der Waals surface area contributed by atoms with Gasteiger partial charge >= 0.3 is 12.1 Å². The van der Waals surface area contributed by atoms with E-state index in [-0.39, 0.29) is 11.1 Å². The summed E-state index contributed by atoms with van der Waals surface area (Å²) in [5, 5.41) is 11.3. The molecule has 2 N–H and O–H groups in total. The minimum atomic E-state index is -1.37. The number of ether oxygens (including phenoxy) is 1. The molecule has 1 unspecified atom stereocenters. The van der Waals surface area contributed by atoms with Crippen molar-refractivity contribution >= 4 is 17.7 Å². The number of halogens is 1. The van der Waals surface area contributed by atoms with Gasteiger partial charge in [0.15, 0.2) is 0 Å². The lowest BCUT2D eigenvalue weighted by atomic mass is 9.74. The van der Waals surface area contributed by atoms with E-state index >= 15 is 0 Å². The Morgan fingerprint density at radius 2 is 2.03 bits per heavy atom. The Morgan fingerprint density at radius 1 is 1.23 bits per heavy atom. The van der Waals surface area contributed by atoms with Crippen molar-refractivity contribution in [1.29, 1.82) is 0 Å². The lowest BCUT2D eigenvalue weighted by Crippen LogP contribution is -2.37. The summed E-state index contributed by atoms with van der Waals surface area (Å²) in [5.41, 5.74) is 0.812. The number of aromatic carboxylic acids is 1. The highest BCUT2D eigenvalue weighted by Crippen LogP contribution is 2.37. The van der Waals surface area contributed by atoms with Gasteiger partial charge in [-0.1, -0.05) is 25.5 Å². The van der Waals surface area contributed by atoms with Gasteiger partial charge in [-0.25, -0.2) is 14.0 Å². The number of likely N-dealkylation sites (N-methyl/N-ethyl adjacent to an activating group) is 1. The van der Waals surface area contributed by atoms with Crippen LogP contribution in [-0.2, 0) is 5.41 Å². The molecule has 6 nitrogen and oxygen atoms in total. The van der Waals surface area contributed by atoms with E-state index in [9.17, 15) is 14.0 Å². The van der Waals surface area contributed by atoms with Gasteiger partial charge in [0.25, 0.3) is 0 Å². The van der Waals surface area contributed by atoms with Crippen LogP contribution < -0.4 is 10.1 Å². The zero-order valence-electron chi connectivity index (χ0n) is 17.3. The van der Waals surface area contributed by atoms with Crippen molar-refractivity contribution in [2.75, 3.05) is 25.5 Å². The average molecular weight is 414 g/mol. The quantitative estimate of drug-likeness (QED) is 0.728. The van der Waals surface area contributed by atoms with E-state index < -0.39 is 23.4 Å². The van der Waals surface area contributed by atoms with Crippen LogP contribution in [0.4, 0.5) is 14.9 Å². The van der Waals surface area contributed by atoms with Crippen molar-refractivity contribution in [1.82, 2.24) is 4.90 Å². The topological polar surface area (TPSA) is 78.9 Å². The summed E-state index contributed by atoms with van der Waals surface area (Å²) in [7, 11) is 2.14. The molecule has 1 heterocycles. The molecular weight excluding hydrogens is 387 g/mol. The van der Waals surface area contributed by atoms with Crippen LogP contribution in [0.2, 0.25) is 0 Å². The number of carboxylic acid groups (broad SMARTS) is 1. The second kappa shape index (κ2) is 9.26. The predicted octanol–water partition coefficient (Wildman–Crippen LogP) is 4.90. The van der Waals surface area contributed by atoms with Gasteiger partial charge in [-0.15, -0.1) is 0 Å². The fourth-order valence-electron chi connectivity index (χ4n) is 4.15. The Hall–Kier alpha value is -2.93. The van der Waals surface area contributed by atoms with Crippen LogP contribution >= 0.6 is 0 Å². The molecule has 0 bridgehead atoms. The zero-order chi connectivity index (χ0) is 21.7. The van der Waals surface area contributed by atoms with Gasteiger partial charge in [-0.05, 0) is 68.8 Å². The smallest absolute Gasteiger partial charge is 0.417 e. The van der Waals surface area contributed by atoms with Gasteiger partial charge < -0.3 is 14.7 Å². The summed E-state index contributed by atoms with van der Waals surface area (Å²) in [5.74, 6) is -1.88. The van der Waals surface area contributed by atoms with Crippen LogP contribution in [-0.4, -0.2) is 42.2 Å². The molecule has 1 saturated heterocycles. The van der Waals surface area contributed by atoms with E-state index in [2.05, 4.69) is 30.3 Å². The van der Waals surface area contributed by atoms with E-state index in [0.717, 1.165) is 50.0 Å². The first-order valence-corrected chi connectivity index (χ1v) is 10.1. The van der Waals surface area contributed by atoms with Gasteiger partial charge in [0, 0.05) is 17.6 Å². The van der Waals surface area contributed by atoms with Crippen molar-refractivity contribution in [3.8, 4) is 5.75 Å². The molecule has 1 fully saturated rings. The molecule has 7 heteroatoms. The number of nitrogens with zero attached hydrogens (tertiary/aromatic N) is 1. The van der Waals surface area contributed by atoms with Crippen molar-refractivity contribution in [2.45, 2.75) is 38.0 Å². The van der Waals surface area contributed by atoms with Gasteiger partial charge in [0.2, 0.25) is 0 Å². The minimum Gasteiger partial charge on any atom is -0.478 e. The van der Waals surface area contributed by atoms with Crippen LogP contribution in [0.3, 0.4) is 0 Å². The molecule has 160 valence electrons. The number of carboxylic acids is 1. The van der Waals surface area contributed by atoms with Gasteiger partial charge in [0.05, 0.1) is 5.56 Å². The SMILES string of the molecule is CCC1(c2cccc(OC(=O)Nc3ccc(C(=O)O)c(F)c3)c2)CCCCN(C)C1. The molecule has 1 atom stereocenters. The lowest BCUT2D eigenvalue weighted by molar-refractivity contribution is 0.0692. The van der Waals surface area contributed by atoms with Crippen molar-refractivity contribution < 1.29 is 23.8 Å². The number of hydrogen-bond donors (Lipinski definition) is 2. The first-order chi connectivity index (χ1) is 14.3. The summed E-state index contributed by atoms with van der Waals surface area (Å²) in [6.45, 7) is 4.22. The summed E-state index contributed by atoms with van der Waals surface area (Å²) in [6, 6.07) is 10.9. The first-order valence-electron chi connectivity index (χ1n) is 10.1. The van der Waals surface area contributed by atoms with E-state index in [0.29, 0.717) is 5.75 Å². The van der Waals surface area contributed by atoms with Gasteiger partial charge in [0.1, 0.15) is 11.6 Å². The fourth-order valence-corrected chi connectivity index (χ4v) is 4.15. The minimum absolute atomic E-state index is 0.0108. The maximum atomic E-state index is 13.8. The summed E-state index contributed by atoms with van der Waals surface area (Å²) in [6.07, 6.45) is 3.63. The molecule has 0 saturated carbocycles. The third kappa shape index (κ3) is 4.97.